The first-order valence-corrected chi connectivity index (χ1v) is 8.66. The average molecular weight is 340 g/mol. The van der Waals surface area contributed by atoms with Gasteiger partial charge in [0.25, 0.3) is 5.91 Å². The number of anilines is 1. The molecule has 1 saturated heterocycles. The van der Waals surface area contributed by atoms with Crippen LogP contribution in [-0.2, 0) is 4.79 Å². The molecule has 1 amide bonds. The lowest BCUT2D eigenvalue weighted by atomic mass is 10.0. The van der Waals surface area contributed by atoms with Crippen molar-refractivity contribution in [2.75, 3.05) is 37.7 Å². The van der Waals surface area contributed by atoms with E-state index in [0.29, 0.717) is 19.0 Å². The van der Waals surface area contributed by atoms with Crippen molar-refractivity contribution in [1.82, 2.24) is 14.9 Å². The highest BCUT2D eigenvalue weighted by Crippen LogP contribution is 2.18. The average Bonchev–Trinajstić information content (AvgIpc) is 2.67. The van der Waals surface area contributed by atoms with Gasteiger partial charge in [0.2, 0.25) is 5.95 Å². The van der Waals surface area contributed by atoms with Gasteiger partial charge in [0, 0.05) is 38.6 Å². The SMILES string of the molecule is CC(C)c1ccc(OCC(=O)N2CCN(c3ncccn3)CC2)cc1. The molecule has 6 nitrogen and oxygen atoms in total. The number of nitrogens with zero attached hydrogens (tertiary/aromatic N) is 4. The van der Waals surface area contributed by atoms with E-state index in [1.807, 2.05) is 29.2 Å². The third-order valence-corrected chi connectivity index (χ3v) is 4.38. The molecule has 25 heavy (non-hydrogen) atoms. The van der Waals surface area contributed by atoms with E-state index in [-0.39, 0.29) is 12.5 Å². The molecular formula is C19H24N4O2. The molecule has 0 aliphatic carbocycles. The van der Waals surface area contributed by atoms with Gasteiger partial charge in [-0.2, -0.15) is 0 Å². The smallest absolute Gasteiger partial charge is 0.260 e. The number of hydrogen-bond donors (Lipinski definition) is 0. The number of carbonyl (C=O) groups is 1. The molecule has 0 bridgehead atoms. The predicted octanol–water partition coefficient (Wildman–Crippen LogP) is 2.33. The van der Waals surface area contributed by atoms with Gasteiger partial charge in [-0.3, -0.25) is 4.79 Å². The number of hydrogen-bond acceptors (Lipinski definition) is 5. The zero-order chi connectivity index (χ0) is 17.6. The Hall–Kier alpha value is -2.63. The maximum Gasteiger partial charge on any atom is 0.260 e. The summed E-state index contributed by atoms with van der Waals surface area (Å²) in [5, 5.41) is 0. The zero-order valence-electron chi connectivity index (χ0n) is 14.8. The van der Waals surface area contributed by atoms with Crippen LogP contribution in [0, 0.1) is 0 Å². The van der Waals surface area contributed by atoms with Gasteiger partial charge in [0.15, 0.2) is 6.61 Å². The number of ether oxygens (including phenoxy) is 1. The summed E-state index contributed by atoms with van der Waals surface area (Å²) in [4.78, 5) is 24.8. The van der Waals surface area contributed by atoms with E-state index in [0.717, 1.165) is 24.8 Å². The van der Waals surface area contributed by atoms with E-state index >= 15 is 0 Å². The van der Waals surface area contributed by atoms with Crippen LogP contribution >= 0.6 is 0 Å². The van der Waals surface area contributed by atoms with Gasteiger partial charge in [0.05, 0.1) is 0 Å². The number of aromatic nitrogens is 2. The fourth-order valence-corrected chi connectivity index (χ4v) is 2.80. The molecule has 3 rings (SSSR count). The Morgan fingerprint density at radius 2 is 1.72 bits per heavy atom. The van der Waals surface area contributed by atoms with E-state index in [9.17, 15) is 4.79 Å². The molecule has 2 heterocycles. The fourth-order valence-electron chi connectivity index (χ4n) is 2.80. The minimum Gasteiger partial charge on any atom is -0.484 e. The largest absolute Gasteiger partial charge is 0.484 e. The molecular weight excluding hydrogens is 316 g/mol. The molecule has 1 aromatic heterocycles. The molecule has 1 fully saturated rings. The van der Waals surface area contributed by atoms with Crippen molar-refractivity contribution in [3.8, 4) is 5.75 Å². The lowest BCUT2D eigenvalue weighted by Gasteiger charge is -2.34. The summed E-state index contributed by atoms with van der Waals surface area (Å²) < 4.78 is 5.64. The quantitative estimate of drug-likeness (QED) is 0.836. The number of benzene rings is 1. The van der Waals surface area contributed by atoms with Crippen LogP contribution in [0.5, 0.6) is 5.75 Å². The highest BCUT2D eigenvalue weighted by atomic mass is 16.5. The number of carbonyl (C=O) groups excluding carboxylic acids is 1. The van der Waals surface area contributed by atoms with E-state index in [4.69, 9.17) is 4.74 Å². The van der Waals surface area contributed by atoms with Crippen LogP contribution in [0.1, 0.15) is 25.3 Å². The first-order valence-electron chi connectivity index (χ1n) is 8.66. The van der Waals surface area contributed by atoms with Crippen LogP contribution in [0.3, 0.4) is 0 Å². The topological polar surface area (TPSA) is 58.6 Å². The minimum atomic E-state index is 0.0153. The van der Waals surface area contributed by atoms with Gasteiger partial charge < -0.3 is 14.5 Å². The lowest BCUT2D eigenvalue weighted by molar-refractivity contribution is -0.133. The molecule has 0 saturated carbocycles. The number of piperazine rings is 1. The van der Waals surface area contributed by atoms with Crippen LogP contribution in [-0.4, -0.2) is 53.6 Å². The zero-order valence-corrected chi connectivity index (χ0v) is 14.8. The molecule has 0 spiro atoms. The van der Waals surface area contributed by atoms with Gasteiger partial charge in [-0.1, -0.05) is 26.0 Å². The van der Waals surface area contributed by atoms with Gasteiger partial charge in [-0.05, 0) is 29.7 Å². The summed E-state index contributed by atoms with van der Waals surface area (Å²) in [7, 11) is 0. The van der Waals surface area contributed by atoms with Gasteiger partial charge >= 0.3 is 0 Å². The molecule has 1 aromatic carbocycles. The summed E-state index contributed by atoms with van der Waals surface area (Å²) in [6.45, 7) is 7.17. The third kappa shape index (κ3) is 4.47. The summed E-state index contributed by atoms with van der Waals surface area (Å²) in [6, 6.07) is 9.74. The van der Waals surface area contributed by atoms with Gasteiger partial charge in [-0.25, -0.2) is 9.97 Å². The third-order valence-electron chi connectivity index (χ3n) is 4.38. The Bertz CT molecular complexity index is 680. The van der Waals surface area contributed by atoms with E-state index in [2.05, 4.69) is 28.7 Å². The van der Waals surface area contributed by atoms with Crippen LogP contribution < -0.4 is 9.64 Å². The standard InChI is InChI=1S/C19H24N4O2/c1-15(2)16-4-6-17(7-5-16)25-14-18(24)22-10-12-23(13-11-22)19-20-8-3-9-21-19/h3-9,15H,10-14H2,1-2H3. The molecule has 2 aromatic rings. The molecule has 6 heteroatoms. The van der Waals surface area contributed by atoms with Gasteiger partial charge in [-0.15, -0.1) is 0 Å². The highest BCUT2D eigenvalue weighted by molar-refractivity contribution is 5.78. The first kappa shape index (κ1) is 17.2. The molecule has 0 radical (unpaired) electrons. The molecule has 0 atom stereocenters. The second-order valence-corrected chi connectivity index (χ2v) is 6.43. The van der Waals surface area contributed by atoms with Crippen LogP contribution in [0.2, 0.25) is 0 Å². The molecule has 1 aliphatic rings. The van der Waals surface area contributed by atoms with E-state index in [1.54, 1.807) is 18.5 Å². The van der Waals surface area contributed by atoms with Crippen molar-refractivity contribution in [3.05, 3.63) is 48.3 Å². The van der Waals surface area contributed by atoms with Crippen molar-refractivity contribution in [3.63, 3.8) is 0 Å². The molecule has 132 valence electrons. The van der Waals surface area contributed by atoms with Crippen molar-refractivity contribution >= 4 is 11.9 Å². The van der Waals surface area contributed by atoms with E-state index in [1.165, 1.54) is 5.56 Å². The Labute approximate surface area is 148 Å². The maximum absolute atomic E-state index is 12.3. The Balaban J connectivity index is 1.46. The van der Waals surface area contributed by atoms with Crippen molar-refractivity contribution in [2.24, 2.45) is 0 Å². The molecule has 1 aliphatic heterocycles. The Morgan fingerprint density at radius 1 is 1.08 bits per heavy atom. The van der Waals surface area contributed by atoms with Gasteiger partial charge in [0.1, 0.15) is 5.75 Å². The van der Waals surface area contributed by atoms with E-state index < -0.39 is 0 Å². The maximum atomic E-state index is 12.3. The van der Waals surface area contributed by atoms with Crippen molar-refractivity contribution in [1.29, 1.82) is 0 Å². The summed E-state index contributed by atoms with van der Waals surface area (Å²) >= 11 is 0. The summed E-state index contributed by atoms with van der Waals surface area (Å²) in [5.74, 6) is 1.95. The highest BCUT2D eigenvalue weighted by Gasteiger charge is 2.22. The number of rotatable bonds is 5. The summed E-state index contributed by atoms with van der Waals surface area (Å²) in [6.07, 6.45) is 3.47. The number of amides is 1. The predicted molar refractivity (Wildman–Crippen MR) is 96.9 cm³/mol. The second kappa shape index (κ2) is 7.96. The normalized spacial score (nSPS) is 14.7. The summed E-state index contributed by atoms with van der Waals surface area (Å²) in [5.41, 5.74) is 1.26. The molecule has 0 N–H and O–H groups in total. The van der Waals surface area contributed by atoms with Crippen LogP contribution in [0.15, 0.2) is 42.7 Å². The lowest BCUT2D eigenvalue weighted by Crippen LogP contribution is -2.50. The van der Waals surface area contributed by atoms with Crippen LogP contribution in [0.25, 0.3) is 0 Å². The minimum absolute atomic E-state index is 0.0153. The molecule has 0 unspecified atom stereocenters. The Morgan fingerprint density at radius 3 is 2.32 bits per heavy atom. The first-order chi connectivity index (χ1) is 12.1. The Kier molecular flexibility index (Phi) is 5.48. The fraction of sp³-hybridized carbons (Fsp3) is 0.421. The van der Waals surface area contributed by atoms with Crippen molar-refractivity contribution < 1.29 is 9.53 Å². The monoisotopic (exact) mass is 340 g/mol. The second-order valence-electron chi connectivity index (χ2n) is 6.43. The van der Waals surface area contributed by atoms with Crippen molar-refractivity contribution in [2.45, 2.75) is 19.8 Å². The van der Waals surface area contributed by atoms with Crippen LogP contribution in [0.4, 0.5) is 5.95 Å².